The molecule has 0 saturated heterocycles. The Labute approximate surface area is 153 Å². The molecule has 0 saturated carbocycles. The van der Waals surface area contributed by atoms with Gasteiger partial charge in [-0.05, 0) is 52.3 Å². The topological polar surface area (TPSA) is 85.9 Å². The number of hydrogen-bond acceptors (Lipinski definition) is 5. The number of carbonyl (C=O) groups excluding carboxylic acids is 2. The summed E-state index contributed by atoms with van der Waals surface area (Å²) in [7, 11) is 1.56. The lowest BCUT2D eigenvalue weighted by Crippen LogP contribution is -2.45. The molecule has 2 rings (SSSR count). The maximum atomic E-state index is 12.6. The molecule has 1 aromatic rings. The molecule has 1 aromatic carbocycles. The van der Waals surface area contributed by atoms with Gasteiger partial charge in [-0.15, -0.1) is 0 Å². The van der Waals surface area contributed by atoms with Crippen molar-refractivity contribution in [3.8, 4) is 11.5 Å². The van der Waals surface area contributed by atoms with Gasteiger partial charge in [-0.3, -0.25) is 0 Å². The van der Waals surface area contributed by atoms with Crippen LogP contribution in [0.4, 0.5) is 4.79 Å². The number of hydrogen-bond donors (Lipinski definition) is 2. The zero-order chi connectivity index (χ0) is 19.4. The number of benzene rings is 1. The van der Waals surface area contributed by atoms with Gasteiger partial charge in [-0.2, -0.15) is 0 Å². The minimum atomic E-state index is -0.643. The van der Waals surface area contributed by atoms with Crippen LogP contribution in [-0.2, 0) is 9.53 Å². The summed E-state index contributed by atoms with van der Waals surface area (Å²) < 4.78 is 16.5. The number of rotatable bonds is 6. The van der Waals surface area contributed by atoms with Gasteiger partial charge in [0.1, 0.15) is 0 Å². The molecule has 1 atom stereocenters. The van der Waals surface area contributed by atoms with E-state index in [9.17, 15) is 9.59 Å². The maximum Gasteiger partial charge on any atom is 0.338 e. The zero-order valence-corrected chi connectivity index (χ0v) is 16.0. The number of urea groups is 1. The Morgan fingerprint density at radius 1 is 1.12 bits per heavy atom. The van der Waals surface area contributed by atoms with E-state index in [1.165, 1.54) is 0 Å². The van der Waals surface area contributed by atoms with Crippen molar-refractivity contribution in [2.75, 3.05) is 7.11 Å². The van der Waals surface area contributed by atoms with E-state index in [1.807, 2.05) is 13.8 Å². The lowest BCUT2D eigenvalue weighted by Gasteiger charge is -2.29. The minimum absolute atomic E-state index is 0.0515. The smallest absolute Gasteiger partial charge is 0.338 e. The second-order valence-corrected chi connectivity index (χ2v) is 6.60. The van der Waals surface area contributed by atoms with Gasteiger partial charge in [-0.25, -0.2) is 9.59 Å². The molecular weight excluding hydrogens is 336 g/mol. The Morgan fingerprint density at radius 2 is 1.81 bits per heavy atom. The number of ether oxygens (including phenoxy) is 3. The maximum absolute atomic E-state index is 12.6. The fourth-order valence-electron chi connectivity index (χ4n) is 2.71. The summed E-state index contributed by atoms with van der Waals surface area (Å²) >= 11 is 0. The molecule has 142 valence electrons. The fraction of sp³-hybridized carbons (Fsp3) is 0.474. The molecular formula is C19H26N2O5. The Morgan fingerprint density at radius 3 is 2.38 bits per heavy atom. The summed E-state index contributed by atoms with van der Waals surface area (Å²) in [4.78, 5) is 24.5. The molecule has 1 aliphatic heterocycles. The SMILES string of the molecule is COc1ccc(C2NC(=O)NC(C)=C2C(=O)OC(C)C)cc1OC(C)C. The number of nitrogens with one attached hydrogen (secondary N) is 2. The molecule has 0 radical (unpaired) electrons. The average molecular weight is 362 g/mol. The highest BCUT2D eigenvalue weighted by atomic mass is 16.5. The summed E-state index contributed by atoms with van der Waals surface area (Å²) in [6.45, 7) is 9.05. The van der Waals surface area contributed by atoms with Crippen molar-refractivity contribution >= 4 is 12.0 Å². The van der Waals surface area contributed by atoms with Crippen LogP contribution in [0.15, 0.2) is 29.5 Å². The monoisotopic (exact) mass is 362 g/mol. The zero-order valence-electron chi connectivity index (χ0n) is 16.0. The molecule has 0 spiro atoms. The summed E-state index contributed by atoms with van der Waals surface area (Å²) in [5, 5.41) is 5.41. The summed E-state index contributed by atoms with van der Waals surface area (Å²) in [5.74, 6) is 0.647. The third-order valence-corrected chi connectivity index (χ3v) is 3.72. The van der Waals surface area contributed by atoms with Crippen molar-refractivity contribution in [2.24, 2.45) is 0 Å². The second-order valence-electron chi connectivity index (χ2n) is 6.60. The number of amides is 2. The first-order valence-electron chi connectivity index (χ1n) is 8.56. The molecule has 7 nitrogen and oxygen atoms in total. The van der Waals surface area contributed by atoms with Gasteiger partial charge in [0, 0.05) is 5.70 Å². The van der Waals surface area contributed by atoms with Gasteiger partial charge < -0.3 is 24.8 Å². The normalized spacial score (nSPS) is 17.1. The van der Waals surface area contributed by atoms with Crippen LogP contribution in [0, 0.1) is 0 Å². The first-order valence-corrected chi connectivity index (χ1v) is 8.56. The highest BCUT2D eigenvalue weighted by molar-refractivity contribution is 5.95. The quantitative estimate of drug-likeness (QED) is 0.760. The Bertz CT molecular complexity index is 725. The molecule has 1 unspecified atom stereocenters. The van der Waals surface area contributed by atoms with Crippen LogP contribution >= 0.6 is 0 Å². The highest BCUT2D eigenvalue weighted by Gasteiger charge is 2.33. The van der Waals surface area contributed by atoms with Gasteiger partial charge in [0.25, 0.3) is 0 Å². The number of methoxy groups -OCH3 is 1. The molecule has 1 heterocycles. The first-order chi connectivity index (χ1) is 12.2. The molecule has 0 aliphatic carbocycles. The molecule has 2 amide bonds. The predicted octanol–water partition coefficient (Wildman–Crippen LogP) is 3.06. The van der Waals surface area contributed by atoms with Crippen LogP contribution in [0.1, 0.15) is 46.2 Å². The van der Waals surface area contributed by atoms with Gasteiger partial charge in [-0.1, -0.05) is 6.07 Å². The summed E-state index contributed by atoms with van der Waals surface area (Å²) in [5.41, 5.74) is 1.52. The van der Waals surface area contributed by atoms with Crippen molar-refractivity contribution in [2.45, 2.75) is 52.9 Å². The fourth-order valence-corrected chi connectivity index (χ4v) is 2.71. The van der Waals surface area contributed by atoms with Crippen LogP contribution in [0.5, 0.6) is 11.5 Å². The molecule has 26 heavy (non-hydrogen) atoms. The summed E-state index contributed by atoms with van der Waals surface area (Å²) in [6.07, 6.45) is -0.318. The number of allylic oxidation sites excluding steroid dienone is 1. The van der Waals surface area contributed by atoms with Crippen LogP contribution in [0.3, 0.4) is 0 Å². The van der Waals surface area contributed by atoms with Crippen molar-refractivity contribution < 1.29 is 23.8 Å². The molecule has 0 fully saturated rings. The van der Waals surface area contributed by atoms with Crippen LogP contribution < -0.4 is 20.1 Å². The van der Waals surface area contributed by atoms with E-state index < -0.39 is 12.0 Å². The van der Waals surface area contributed by atoms with E-state index in [-0.39, 0.29) is 18.2 Å². The molecule has 0 aromatic heterocycles. The minimum Gasteiger partial charge on any atom is -0.493 e. The van der Waals surface area contributed by atoms with Gasteiger partial charge >= 0.3 is 12.0 Å². The average Bonchev–Trinajstić information content (AvgIpc) is 2.52. The molecule has 1 aliphatic rings. The van der Waals surface area contributed by atoms with E-state index >= 15 is 0 Å². The van der Waals surface area contributed by atoms with Gasteiger partial charge in [0.2, 0.25) is 0 Å². The van der Waals surface area contributed by atoms with E-state index in [0.717, 1.165) is 0 Å². The van der Waals surface area contributed by atoms with Crippen molar-refractivity contribution in [3.63, 3.8) is 0 Å². The Kier molecular flexibility index (Phi) is 6.13. The molecule has 2 N–H and O–H groups in total. The lowest BCUT2D eigenvalue weighted by atomic mass is 9.95. The van der Waals surface area contributed by atoms with Crippen molar-refractivity contribution in [3.05, 3.63) is 35.0 Å². The highest BCUT2D eigenvalue weighted by Crippen LogP contribution is 2.35. The van der Waals surface area contributed by atoms with E-state index in [1.54, 1.807) is 46.1 Å². The molecule has 0 bridgehead atoms. The van der Waals surface area contributed by atoms with Crippen LogP contribution in [0.2, 0.25) is 0 Å². The van der Waals surface area contributed by atoms with Gasteiger partial charge in [0.15, 0.2) is 11.5 Å². The standard InChI is InChI=1S/C19H26N2O5/c1-10(2)25-15-9-13(7-8-14(15)24-6)17-16(18(22)26-11(3)4)12(5)20-19(23)21-17/h7-11,17H,1-6H3,(H2,20,21,23). The molecule has 7 heteroatoms. The predicted molar refractivity (Wildman–Crippen MR) is 97.1 cm³/mol. The van der Waals surface area contributed by atoms with Crippen molar-refractivity contribution in [1.82, 2.24) is 10.6 Å². The van der Waals surface area contributed by atoms with Crippen LogP contribution in [0.25, 0.3) is 0 Å². The van der Waals surface area contributed by atoms with Crippen molar-refractivity contribution in [1.29, 1.82) is 0 Å². The third-order valence-electron chi connectivity index (χ3n) is 3.72. The lowest BCUT2D eigenvalue weighted by molar-refractivity contribution is -0.143. The third kappa shape index (κ3) is 4.47. The second kappa shape index (κ2) is 8.12. The number of esters is 1. The van der Waals surface area contributed by atoms with E-state index in [4.69, 9.17) is 14.2 Å². The summed E-state index contributed by atoms with van der Waals surface area (Å²) in [6, 6.07) is 4.29. The first kappa shape index (κ1) is 19.6. The Hall–Kier alpha value is -2.70. The van der Waals surface area contributed by atoms with Crippen LogP contribution in [-0.4, -0.2) is 31.3 Å². The Balaban J connectivity index is 2.47. The largest absolute Gasteiger partial charge is 0.493 e. The number of carbonyl (C=O) groups is 2. The van der Waals surface area contributed by atoms with E-state index in [2.05, 4.69) is 10.6 Å². The van der Waals surface area contributed by atoms with Gasteiger partial charge in [0.05, 0.1) is 30.9 Å². The van der Waals surface area contributed by atoms with E-state index in [0.29, 0.717) is 28.3 Å².